The van der Waals surface area contributed by atoms with Crippen LogP contribution < -0.4 is 4.74 Å². The molecule has 0 atom stereocenters. The van der Waals surface area contributed by atoms with Crippen molar-refractivity contribution in [2.45, 2.75) is 27.7 Å². The van der Waals surface area contributed by atoms with Gasteiger partial charge in [0.1, 0.15) is 10.9 Å². The Bertz CT molecular complexity index is 332. The monoisotopic (exact) mass is 260 g/mol. The molecule has 0 aromatic carbocycles. The minimum absolute atomic E-state index is 0.254. The molecule has 1 heterocycles. The molecule has 96 valence electrons. The van der Waals surface area contributed by atoms with Gasteiger partial charge in [-0.3, -0.25) is 4.79 Å². The highest BCUT2D eigenvalue weighted by atomic mass is 35.5. The van der Waals surface area contributed by atoms with E-state index in [-0.39, 0.29) is 11.8 Å². The van der Waals surface area contributed by atoms with Crippen LogP contribution in [-0.4, -0.2) is 17.5 Å². The van der Waals surface area contributed by atoms with Crippen molar-refractivity contribution in [2.24, 2.45) is 5.18 Å². The lowest BCUT2D eigenvalue weighted by atomic mass is 10.4. The second-order valence-corrected chi connectivity index (χ2v) is 2.48. The molecule has 0 saturated carbocycles. The summed E-state index contributed by atoms with van der Waals surface area (Å²) in [6.07, 6.45) is 1.43. The molecule has 5 nitrogen and oxygen atoms in total. The van der Waals surface area contributed by atoms with Crippen molar-refractivity contribution >= 4 is 17.5 Å². The summed E-state index contributed by atoms with van der Waals surface area (Å²) in [5.74, 6) is -0.495. The third-order valence-electron chi connectivity index (χ3n) is 1.16. The number of carbonyl (C=O) groups is 1. The molecule has 1 amide bonds. The molecule has 0 aliphatic carbocycles. The lowest BCUT2D eigenvalue weighted by Gasteiger charge is -2.01. The molecule has 6 heteroatoms. The highest BCUT2D eigenvalue weighted by Crippen LogP contribution is 2.13. The summed E-state index contributed by atoms with van der Waals surface area (Å²) in [6.45, 7) is 7.61. The van der Waals surface area contributed by atoms with E-state index >= 15 is 0 Å². The van der Waals surface area contributed by atoms with Crippen LogP contribution in [0.25, 0.3) is 0 Å². The molecule has 17 heavy (non-hydrogen) atoms. The molecule has 0 aliphatic rings. The second kappa shape index (κ2) is 12.6. The van der Waals surface area contributed by atoms with E-state index in [0.29, 0.717) is 5.75 Å². The van der Waals surface area contributed by atoms with Crippen molar-refractivity contribution in [2.75, 3.05) is 6.61 Å². The van der Waals surface area contributed by atoms with Gasteiger partial charge in [0.05, 0.1) is 0 Å². The molecule has 0 saturated heterocycles. The van der Waals surface area contributed by atoms with Gasteiger partial charge < -0.3 is 4.74 Å². The van der Waals surface area contributed by atoms with Crippen LogP contribution in [0.1, 0.15) is 27.7 Å². The van der Waals surface area contributed by atoms with Crippen molar-refractivity contribution in [1.82, 2.24) is 4.98 Å². The summed E-state index contributed by atoms with van der Waals surface area (Å²) in [6, 6.07) is 2.95. The molecule has 0 N–H and O–H groups in total. The van der Waals surface area contributed by atoms with E-state index < -0.39 is 5.91 Å². The Morgan fingerprint density at radius 2 is 2.00 bits per heavy atom. The van der Waals surface area contributed by atoms with E-state index in [9.17, 15) is 9.70 Å². The Labute approximate surface area is 106 Å². The van der Waals surface area contributed by atoms with Gasteiger partial charge in [0.25, 0.3) is 0 Å². The number of hydrogen-bond donors (Lipinski definition) is 0. The minimum atomic E-state index is -0.868. The van der Waals surface area contributed by atoms with Gasteiger partial charge in [-0.05, 0) is 6.07 Å². The van der Waals surface area contributed by atoms with Gasteiger partial charge in [-0.1, -0.05) is 39.3 Å². The van der Waals surface area contributed by atoms with Crippen LogP contribution in [0.2, 0.25) is 5.15 Å². The first-order valence-electron chi connectivity index (χ1n) is 5.33. The van der Waals surface area contributed by atoms with E-state index in [1.165, 1.54) is 18.3 Å². The first-order valence-corrected chi connectivity index (χ1v) is 5.70. The first kappa shape index (κ1) is 17.9. The Kier molecular flexibility index (Phi) is 13.2. The fourth-order valence-electron chi connectivity index (χ4n) is 0.646. The van der Waals surface area contributed by atoms with Gasteiger partial charge >= 0.3 is 5.91 Å². The molecule has 0 fully saturated rings. The molecule has 0 radical (unpaired) electrons. The summed E-state index contributed by atoms with van der Waals surface area (Å²) in [5.41, 5.74) is 0. The minimum Gasteiger partial charge on any atom is -0.483 e. The van der Waals surface area contributed by atoms with Gasteiger partial charge in [0.15, 0.2) is 6.61 Å². The van der Waals surface area contributed by atoms with Crippen molar-refractivity contribution < 1.29 is 9.53 Å². The SMILES string of the molecule is CC.CC.O=NC(=O)COc1ccnc(Cl)c1. The number of pyridine rings is 1. The van der Waals surface area contributed by atoms with Gasteiger partial charge in [0, 0.05) is 17.4 Å². The maximum atomic E-state index is 10.4. The summed E-state index contributed by atoms with van der Waals surface area (Å²) in [7, 11) is 0. The zero-order valence-electron chi connectivity index (χ0n) is 10.4. The van der Waals surface area contributed by atoms with Crippen LogP contribution in [0.15, 0.2) is 23.5 Å². The summed E-state index contributed by atoms with van der Waals surface area (Å²) in [4.78, 5) is 23.8. The predicted octanol–water partition coefficient (Wildman–Crippen LogP) is 3.46. The average molecular weight is 261 g/mol. The molecule has 0 spiro atoms. The molecule has 1 aromatic rings. The number of aromatic nitrogens is 1. The third-order valence-corrected chi connectivity index (χ3v) is 1.37. The molecule has 1 aromatic heterocycles. The smallest absolute Gasteiger partial charge is 0.323 e. The van der Waals surface area contributed by atoms with Gasteiger partial charge in [-0.15, -0.1) is 4.91 Å². The summed E-state index contributed by atoms with van der Waals surface area (Å²) < 4.78 is 4.87. The number of hydrogen-bond acceptors (Lipinski definition) is 4. The van der Waals surface area contributed by atoms with Crippen molar-refractivity contribution in [3.8, 4) is 5.75 Å². The molecule has 0 bridgehead atoms. The lowest BCUT2D eigenvalue weighted by molar-refractivity contribution is -0.119. The van der Waals surface area contributed by atoms with Crippen LogP contribution in [0.5, 0.6) is 5.75 Å². The van der Waals surface area contributed by atoms with Crippen LogP contribution in [0.4, 0.5) is 0 Å². The fraction of sp³-hybridized carbons (Fsp3) is 0.455. The largest absolute Gasteiger partial charge is 0.483 e. The van der Waals surface area contributed by atoms with Crippen molar-refractivity contribution in [3.63, 3.8) is 0 Å². The van der Waals surface area contributed by atoms with E-state index in [1.807, 2.05) is 27.7 Å². The predicted molar refractivity (Wildman–Crippen MR) is 68.2 cm³/mol. The topological polar surface area (TPSA) is 68.6 Å². The van der Waals surface area contributed by atoms with Crippen LogP contribution >= 0.6 is 11.6 Å². The third kappa shape index (κ3) is 9.44. The van der Waals surface area contributed by atoms with Gasteiger partial charge in [-0.25, -0.2) is 4.98 Å². The summed E-state index contributed by atoms with van der Waals surface area (Å²) >= 11 is 5.53. The second-order valence-electron chi connectivity index (χ2n) is 2.09. The highest BCUT2D eigenvalue weighted by Gasteiger charge is 2.02. The molecule has 0 unspecified atom stereocenters. The van der Waals surface area contributed by atoms with Crippen LogP contribution in [0.3, 0.4) is 0 Å². The number of nitroso groups, excluding NO2 is 1. The molecular weight excluding hydrogens is 244 g/mol. The number of amides is 1. The molecular formula is C11H17ClN2O3. The Morgan fingerprint density at radius 3 is 2.47 bits per heavy atom. The highest BCUT2D eigenvalue weighted by molar-refractivity contribution is 6.29. The van der Waals surface area contributed by atoms with Gasteiger partial charge in [0.2, 0.25) is 0 Å². The van der Waals surface area contributed by atoms with Gasteiger partial charge in [-0.2, -0.15) is 0 Å². The van der Waals surface area contributed by atoms with Crippen LogP contribution in [-0.2, 0) is 4.79 Å². The maximum Gasteiger partial charge on any atom is 0.323 e. The zero-order chi connectivity index (χ0) is 13.7. The number of ether oxygens (including phenoxy) is 1. The number of nitrogens with zero attached hydrogens (tertiary/aromatic N) is 2. The Hall–Kier alpha value is -1.49. The fourth-order valence-corrected chi connectivity index (χ4v) is 0.810. The standard InChI is InChI=1S/C7H5ClN2O3.2C2H6/c8-6-3-5(1-2-9-6)13-4-7(11)10-12;2*1-2/h1-3H,4H2;2*1-2H3. The van der Waals surface area contributed by atoms with E-state index in [2.05, 4.69) is 10.2 Å². The summed E-state index contributed by atoms with van der Waals surface area (Å²) in [5, 5.41) is 2.42. The van der Waals surface area contributed by atoms with Crippen LogP contribution in [0, 0.1) is 4.91 Å². The normalized spacial score (nSPS) is 7.82. The molecule has 0 aliphatic heterocycles. The van der Waals surface area contributed by atoms with E-state index in [0.717, 1.165) is 0 Å². The quantitative estimate of drug-likeness (QED) is 0.616. The zero-order valence-corrected chi connectivity index (χ0v) is 11.2. The molecule has 1 rings (SSSR count). The number of rotatable bonds is 3. The first-order chi connectivity index (χ1) is 8.22. The Morgan fingerprint density at radius 1 is 1.41 bits per heavy atom. The van der Waals surface area contributed by atoms with E-state index in [4.69, 9.17) is 16.3 Å². The Balaban J connectivity index is 0. The maximum absolute atomic E-state index is 10.4. The number of halogens is 1. The lowest BCUT2D eigenvalue weighted by Crippen LogP contribution is -2.07. The van der Waals surface area contributed by atoms with Crippen molar-refractivity contribution in [3.05, 3.63) is 28.4 Å². The average Bonchev–Trinajstić information content (AvgIpc) is 2.40. The number of carbonyl (C=O) groups excluding carboxylic acids is 1. The van der Waals surface area contributed by atoms with Crippen molar-refractivity contribution in [1.29, 1.82) is 0 Å². The van der Waals surface area contributed by atoms with E-state index in [1.54, 1.807) is 0 Å².